The zero-order valence-corrected chi connectivity index (χ0v) is 13.5. The van der Waals surface area contributed by atoms with Crippen molar-refractivity contribution >= 4 is 34.7 Å². The van der Waals surface area contributed by atoms with Crippen molar-refractivity contribution in [1.82, 2.24) is 24.6 Å². The van der Waals surface area contributed by atoms with Crippen LogP contribution in [-0.2, 0) is 7.05 Å². The van der Waals surface area contributed by atoms with Crippen molar-refractivity contribution in [3.8, 4) is 0 Å². The van der Waals surface area contributed by atoms with Crippen LogP contribution in [0.1, 0.15) is 6.92 Å². The van der Waals surface area contributed by atoms with E-state index < -0.39 is 6.09 Å². The van der Waals surface area contributed by atoms with Gasteiger partial charge in [0.05, 0.1) is 11.6 Å². The summed E-state index contributed by atoms with van der Waals surface area (Å²) in [6.07, 6.45) is 2.84. The average Bonchev–Trinajstić information content (AvgIpc) is 2.88. The first-order valence-electron chi connectivity index (χ1n) is 6.99. The molecule has 3 rings (SSSR count). The van der Waals surface area contributed by atoms with Gasteiger partial charge in [0, 0.05) is 32.7 Å². The van der Waals surface area contributed by atoms with E-state index in [2.05, 4.69) is 20.0 Å². The van der Waals surface area contributed by atoms with Crippen LogP contribution < -0.4 is 4.90 Å². The number of fused-ring (bicyclic) bond motifs is 1. The lowest BCUT2D eigenvalue weighted by atomic mass is 10.2. The van der Waals surface area contributed by atoms with Crippen LogP contribution in [0.5, 0.6) is 0 Å². The summed E-state index contributed by atoms with van der Waals surface area (Å²) in [5, 5.41) is 15.0. The van der Waals surface area contributed by atoms with Gasteiger partial charge in [-0.1, -0.05) is 11.8 Å². The molecule has 1 amide bonds. The van der Waals surface area contributed by atoms with Gasteiger partial charge in [-0.2, -0.15) is 5.10 Å². The Balaban J connectivity index is 2.01. The molecule has 0 saturated carbocycles. The lowest BCUT2D eigenvalue weighted by molar-refractivity contribution is 0.136. The number of aromatic nitrogens is 4. The van der Waals surface area contributed by atoms with Gasteiger partial charge >= 0.3 is 6.09 Å². The number of thioether (sulfide) groups is 1. The summed E-state index contributed by atoms with van der Waals surface area (Å²) < 4.78 is 1.73. The Morgan fingerprint density at radius 2 is 2.18 bits per heavy atom. The van der Waals surface area contributed by atoms with Gasteiger partial charge in [0.15, 0.2) is 10.8 Å². The molecule has 0 spiro atoms. The van der Waals surface area contributed by atoms with Crippen molar-refractivity contribution in [1.29, 1.82) is 0 Å². The minimum atomic E-state index is -0.870. The molecule has 0 radical (unpaired) electrons. The topological polar surface area (TPSA) is 87.4 Å². The number of hydrogen-bond donors (Lipinski definition) is 1. The van der Waals surface area contributed by atoms with Crippen LogP contribution in [0.4, 0.5) is 10.6 Å². The maximum Gasteiger partial charge on any atom is 0.407 e. The summed E-state index contributed by atoms with van der Waals surface area (Å²) in [6.45, 7) is 3.57. The molecule has 1 saturated heterocycles. The van der Waals surface area contributed by atoms with E-state index in [1.54, 1.807) is 10.9 Å². The van der Waals surface area contributed by atoms with Crippen molar-refractivity contribution in [2.75, 3.05) is 30.8 Å². The van der Waals surface area contributed by atoms with Crippen LogP contribution in [-0.4, -0.2) is 67.8 Å². The van der Waals surface area contributed by atoms with Crippen LogP contribution in [0.25, 0.3) is 11.0 Å². The SMILES string of the molecule is CSc1nc(N2CCN(C(=O)O)C[C@@H]2C)c2cnn(C)c2n1. The van der Waals surface area contributed by atoms with Crippen LogP contribution in [0, 0.1) is 0 Å². The first-order chi connectivity index (χ1) is 10.5. The number of nitrogens with zero attached hydrogens (tertiary/aromatic N) is 6. The Labute approximate surface area is 132 Å². The Morgan fingerprint density at radius 3 is 2.82 bits per heavy atom. The molecule has 1 atom stereocenters. The molecule has 22 heavy (non-hydrogen) atoms. The molecule has 9 heteroatoms. The summed E-state index contributed by atoms with van der Waals surface area (Å²) in [5.41, 5.74) is 0.794. The number of aryl methyl sites for hydroxylation is 1. The van der Waals surface area contributed by atoms with Crippen molar-refractivity contribution in [3.63, 3.8) is 0 Å². The lowest BCUT2D eigenvalue weighted by Gasteiger charge is -2.39. The van der Waals surface area contributed by atoms with Gasteiger partial charge in [-0.15, -0.1) is 0 Å². The molecule has 0 unspecified atom stereocenters. The number of amides is 1. The van der Waals surface area contributed by atoms with E-state index in [4.69, 9.17) is 5.11 Å². The van der Waals surface area contributed by atoms with Gasteiger partial charge < -0.3 is 14.9 Å². The Hall–Kier alpha value is -2.03. The molecule has 8 nitrogen and oxygen atoms in total. The van der Waals surface area contributed by atoms with Gasteiger partial charge in [-0.25, -0.2) is 14.8 Å². The van der Waals surface area contributed by atoms with E-state index in [0.717, 1.165) is 16.9 Å². The highest BCUT2D eigenvalue weighted by Crippen LogP contribution is 2.28. The molecular weight excluding hydrogens is 304 g/mol. The van der Waals surface area contributed by atoms with Gasteiger partial charge in [-0.05, 0) is 13.2 Å². The zero-order valence-electron chi connectivity index (χ0n) is 12.7. The van der Waals surface area contributed by atoms with Crippen LogP contribution >= 0.6 is 11.8 Å². The number of hydrogen-bond acceptors (Lipinski definition) is 6. The van der Waals surface area contributed by atoms with Crippen LogP contribution in [0.3, 0.4) is 0 Å². The Bertz CT molecular complexity index is 718. The van der Waals surface area contributed by atoms with Gasteiger partial charge in [-0.3, -0.25) is 4.68 Å². The van der Waals surface area contributed by atoms with E-state index in [9.17, 15) is 4.79 Å². The highest BCUT2D eigenvalue weighted by atomic mass is 32.2. The largest absolute Gasteiger partial charge is 0.465 e. The third-order valence-corrected chi connectivity index (χ3v) is 4.45. The van der Waals surface area contributed by atoms with Crippen LogP contribution in [0.2, 0.25) is 0 Å². The summed E-state index contributed by atoms with van der Waals surface area (Å²) in [5.74, 6) is 0.833. The van der Waals surface area contributed by atoms with Gasteiger partial charge in [0.25, 0.3) is 0 Å². The molecule has 2 aromatic rings. The lowest BCUT2D eigenvalue weighted by Crippen LogP contribution is -2.53. The quantitative estimate of drug-likeness (QED) is 0.658. The number of piperazine rings is 1. The molecule has 2 aromatic heterocycles. The summed E-state index contributed by atoms with van der Waals surface area (Å²) in [7, 11) is 1.86. The molecule has 0 bridgehead atoms. The molecular formula is C13H18N6O2S. The van der Waals surface area contributed by atoms with Crippen molar-refractivity contribution in [2.45, 2.75) is 18.1 Å². The fourth-order valence-electron chi connectivity index (χ4n) is 2.74. The number of carbonyl (C=O) groups is 1. The molecule has 0 aliphatic carbocycles. The highest BCUT2D eigenvalue weighted by molar-refractivity contribution is 7.98. The Kier molecular flexibility index (Phi) is 3.81. The second-order valence-corrected chi connectivity index (χ2v) is 6.08. The van der Waals surface area contributed by atoms with Crippen molar-refractivity contribution < 1.29 is 9.90 Å². The van der Waals surface area contributed by atoms with E-state index >= 15 is 0 Å². The minimum Gasteiger partial charge on any atom is -0.465 e. The monoisotopic (exact) mass is 322 g/mol. The zero-order chi connectivity index (χ0) is 15.9. The Morgan fingerprint density at radius 1 is 1.41 bits per heavy atom. The second kappa shape index (κ2) is 5.64. The first-order valence-corrected chi connectivity index (χ1v) is 8.22. The summed E-state index contributed by atoms with van der Waals surface area (Å²) >= 11 is 1.49. The number of anilines is 1. The predicted molar refractivity (Wildman–Crippen MR) is 84.5 cm³/mol. The normalized spacial score (nSPS) is 19.0. The standard InChI is InChI=1S/C13H18N6O2S/c1-8-7-18(13(20)21)4-5-19(8)11-9-6-14-17(2)10(9)15-12(16-11)22-3/h6,8H,4-5,7H2,1-3H3,(H,20,21)/t8-/m0/s1. The predicted octanol–water partition coefficient (Wildman–Crippen LogP) is 1.27. The third kappa shape index (κ3) is 2.45. The maximum absolute atomic E-state index is 11.1. The molecule has 0 aromatic carbocycles. The van der Waals surface area contributed by atoms with Crippen molar-refractivity contribution in [2.24, 2.45) is 7.05 Å². The molecule has 1 aliphatic rings. The highest BCUT2D eigenvalue weighted by Gasteiger charge is 2.29. The number of rotatable bonds is 2. The average molecular weight is 322 g/mol. The van der Waals surface area contributed by atoms with Gasteiger partial charge in [0.2, 0.25) is 0 Å². The minimum absolute atomic E-state index is 0.0536. The van der Waals surface area contributed by atoms with Gasteiger partial charge in [0.1, 0.15) is 5.82 Å². The smallest absolute Gasteiger partial charge is 0.407 e. The van der Waals surface area contributed by atoms with Crippen LogP contribution in [0.15, 0.2) is 11.4 Å². The molecule has 1 fully saturated rings. The second-order valence-electron chi connectivity index (χ2n) is 5.31. The third-order valence-electron chi connectivity index (χ3n) is 3.90. The summed E-state index contributed by atoms with van der Waals surface area (Å²) in [4.78, 5) is 23.8. The first kappa shape index (κ1) is 14.9. The molecule has 118 valence electrons. The molecule has 3 heterocycles. The van der Waals surface area contributed by atoms with E-state index in [-0.39, 0.29) is 6.04 Å². The fraction of sp³-hybridized carbons (Fsp3) is 0.538. The van der Waals surface area contributed by atoms with Crippen molar-refractivity contribution in [3.05, 3.63) is 6.20 Å². The van der Waals surface area contributed by atoms with E-state index in [1.165, 1.54) is 16.7 Å². The number of carboxylic acid groups (broad SMARTS) is 1. The van der Waals surface area contributed by atoms with E-state index in [0.29, 0.717) is 24.8 Å². The summed E-state index contributed by atoms with van der Waals surface area (Å²) in [6, 6.07) is 0.0536. The fourth-order valence-corrected chi connectivity index (χ4v) is 3.10. The molecule has 1 aliphatic heterocycles. The maximum atomic E-state index is 11.1. The molecule has 1 N–H and O–H groups in total. The van der Waals surface area contributed by atoms with E-state index in [1.807, 2.05) is 20.2 Å².